The molecular formula is C16H28IN3O3. The van der Waals surface area contributed by atoms with Crippen LogP contribution in [-0.4, -0.2) is 46.0 Å². The van der Waals surface area contributed by atoms with Crippen molar-refractivity contribution in [2.75, 3.05) is 34.0 Å². The largest absolute Gasteiger partial charge is 0.497 e. The van der Waals surface area contributed by atoms with Gasteiger partial charge in [0.05, 0.1) is 20.3 Å². The van der Waals surface area contributed by atoms with Gasteiger partial charge in [0.2, 0.25) is 0 Å². The number of nitrogens with zero attached hydrogens (tertiary/aromatic N) is 1. The first kappa shape index (κ1) is 21.9. The van der Waals surface area contributed by atoms with Gasteiger partial charge in [0.25, 0.3) is 0 Å². The van der Waals surface area contributed by atoms with Gasteiger partial charge in [-0.2, -0.15) is 0 Å². The molecule has 1 unspecified atom stereocenters. The lowest BCUT2D eigenvalue weighted by Gasteiger charge is -2.13. The SMILES string of the molecule is COCC(C)NC(N)=NCCCOCc1ccc(OC)cc1.I. The predicted molar refractivity (Wildman–Crippen MR) is 104 cm³/mol. The average Bonchev–Trinajstić information content (AvgIpc) is 2.51. The van der Waals surface area contributed by atoms with Gasteiger partial charge in [0.1, 0.15) is 5.75 Å². The molecule has 132 valence electrons. The standard InChI is InChI=1S/C16H27N3O3.HI/c1-13(11-20-2)19-16(17)18-9-4-10-22-12-14-5-7-15(21-3)8-6-14;/h5-8,13H,4,9-12H2,1-3H3,(H3,17,18,19);1H. The third kappa shape index (κ3) is 10.4. The number of nitrogens with two attached hydrogens (primary N) is 1. The van der Waals surface area contributed by atoms with Crippen LogP contribution in [0.1, 0.15) is 18.9 Å². The van der Waals surface area contributed by atoms with Gasteiger partial charge in [0, 0.05) is 26.3 Å². The molecule has 23 heavy (non-hydrogen) atoms. The number of halogens is 1. The molecule has 1 rings (SSSR count). The van der Waals surface area contributed by atoms with Crippen LogP contribution >= 0.6 is 24.0 Å². The van der Waals surface area contributed by atoms with Crippen molar-refractivity contribution in [3.8, 4) is 5.75 Å². The summed E-state index contributed by atoms with van der Waals surface area (Å²) in [6.07, 6.45) is 0.831. The van der Waals surface area contributed by atoms with Crippen LogP contribution < -0.4 is 15.8 Å². The molecular weight excluding hydrogens is 409 g/mol. The summed E-state index contributed by atoms with van der Waals surface area (Å²) in [5.74, 6) is 1.29. The van der Waals surface area contributed by atoms with Crippen molar-refractivity contribution < 1.29 is 14.2 Å². The van der Waals surface area contributed by atoms with Gasteiger partial charge < -0.3 is 25.3 Å². The lowest BCUT2D eigenvalue weighted by molar-refractivity contribution is 0.120. The maximum Gasteiger partial charge on any atom is 0.188 e. The van der Waals surface area contributed by atoms with E-state index in [2.05, 4.69) is 10.3 Å². The third-order valence-corrected chi connectivity index (χ3v) is 2.97. The number of hydrogen-bond acceptors (Lipinski definition) is 4. The van der Waals surface area contributed by atoms with Crippen molar-refractivity contribution in [3.63, 3.8) is 0 Å². The number of guanidine groups is 1. The van der Waals surface area contributed by atoms with Crippen molar-refractivity contribution in [2.45, 2.75) is 26.0 Å². The molecule has 0 heterocycles. The molecule has 0 aromatic heterocycles. The number of nitrogens with one attached hydrogen (secondary N) is 1. The van der Waals surface area contributed by atoms with Crippen molar-refractivity contribution in [1.29, 1.82) is 0 Å². The van der Waals surface area contributed by atoms with Crippen LogP contribution in [0.25, 0.3) is 0 Å². The van der Waals surface area contributed by atoms with E-state index in [-0.39, 0.29) is 30.0 Å². The Morgan fingerprint density at radius 2 is 1.96 bits per heavy atom. The quantitative estimate of drug-likeness (QED) is 0.254. The van der Waals surface area contributed by atoms with E-state index in [9.17, 15) is 0 Å². The molecule has 0 aliphatic heterocycles. The van der Waals surface area contributed by atoms with Crippen molar-refractivity contribution in [2.24, 2.45) is 10.7 Å². The molecule has 6 nitrogen and oxygen atoms in total. The highest BCUT2D eigenvalue weighted by atomic mass is 127. The second kappa shape index (κ2) is 13.4. The summed E-state index contributed by atoms with van der Waals surface area (Å²) in [6, 6.07) is 8.00. The van der Waals surface area contributed by atoms with Gasteiger partial charge in [-0.25, -0.2) is 0 Å². The Morgan fingerprint density at radius 1 is 1.26 bits per heavy atom. The average molecular weight is 437 g/mol. The van der Waals surface area contributed by atoms with Crippen LogP contribution in [0.2, 0.25) is 0 Å². The van der Waals surface area contributed by atoms with Crippen molar-refractivity contribution >= 4 is 29.9 Å². The zero-order valence-electron chi connectivity index (χ0n) is 14.1. The highest BCUT2D eigenvalue weighted by Crippen LogP contribution is 2.11. The molecule has 0 saturated carbocycles. The Hall–Kier alpha value is -1.06. The lowest BCUT2D eigenvalue weighted by atomic mass is 10.2. The topological polar surface area (TPSA) is 78.1 Å². The molecule has 0 saturated heterocycles. The van der Waals surface area contributed by atoms with Crippen molar-refractivity contribution in [3.05, 3.63) is 29.8 Å². The van der Waals surface area contributed by atoms with E-state index < -0.39 is 0 Å². The van der Waals surface area contributed by atoms with Gasteiger partial charge in [-0.05, 0) is 31.0 Å². The molecule has 0 spiro atoms. The van der Waals surface area contributed by atoms with Crippen LogP contribution in [0, 0.1) is 0 Å². The minimum absolute atomic E-state index is 0. The molecule has 0 aliphatic carbocycles. The summed E-state index contributed by atoms with van der Waals surface area (Å²) in [5.41, 5.74) is 6.89. The normalized spacial score (nSPS) is 12.4. The highest BCUT2D eigenvalue weighted by Gasteiger charge is 2.01. The second-order valence-electron chi connectivity index (χ2n) is 5.02. The monoisotopic (exact) mass is 437 g/mol. The zero-order chi connectivity index (χ0) is 16.2. The lowest BCUT2D eigenvalue weighted by Crippen LogP contribution is -2.40. The van der Waals surface area contributed by atoms with Crippen LogP contribution in [0.15, 0.2) is 29.3 Å². The molecule has 1 aromatic carbocycles. The van der Waals surface area contributed by atoms with Gasteiger partial charge in [0.15, 0.2) is 5.96 Å². The van der Waals surface area contributed by atoms with Gasteiger partial charge in [-0.15, -0.1) is 24.0 Å². The van der Waals surface area contributed by atoms with Crippen LogP contribution in [0.5, 0.6) is 5.75 Å². The molecule has 1 aromatic rings. The van der Waals surface area contributed by atoms with E-state index in [1.54, 1.807) is 14.2 Å². The molecule has 0 amide bonds. The van der Waals surface area contributed by atoms with Crippen LogP contribution in [-0.2, 0) is 16.1 Å². The fourth-order valence-corrected chi connectivity index (χ4v) is 1.87. The molecule has 0 aliphatic rings. The first-order chi connectivity index (χ1) is 10.7. The summed E-state index contributed by atoms with van der Waals surface area (Å²) in [5, 5.41) is 3.06. The molecule has 1 atom stereocenters. The minimum atomic E-state index is 0. The van der Waals surface area contributed by atoms with E-state index in [4.69, 9.17) is 19.9 Å². The van der Waals surface area contributed by atoms with Crippen molar-refractivity contribution in [1.82, 2.24) is 5.32 Å². The van der Waals surface area contributed by atoms with Gasteiger partial charge >= 0.3 is 0 Å². The Bertz CT molecular complexity index is 441. The Balaban J connectivity index is 0.00000484. The van der Waals surface area contributed by atoms with E-state index >= 15 is 0 Å². The smallest absolute Gasteiger partial charge is 0.188 e. The highest BCUT2D eigenvalue weighted by molar-refractivity contribution is 14.0. The van der Waals surface area contributed by atoms with Gasteiger partial charge in [-0.3, -0.25) is 4.99 Å². The predicted octanol–water partition coefficient (Wildman–Crippen LogP) is 2.16. The third-order valence-electron chi connectivity index (χ3n) is 2.97. The van der Waals surface area contributed by atoms with E-state index in [0.717, 1.165) is 17.7 Å². The Kier molecular flexibility index (Phi) is 12.8. The summed E-state index contributed by atoms with van der Waals surface area (Å²) in [7, 11) is 3.31. The maximum atomic E-state index is 5.77. The number of methoxy groups -OCH3 is 2. The number of hydrogen-bond donors (Lipinski definition) is 2. The first-order valence-corrected chi connectivity index (χ1v) is 7.41. The number of aliphatic imine (C=N–C) groups is 1. The van der Waals surface area contributed by atoms with E-state index in [1.807, 2.05) is 31.2 Å². The first-order valence-electron chi connectivity index (χ1n) is 7.41. The summed E-state index contributed by atoms with van der Waals surface area (Å²) >= 11 is 0. The summed E-state index contributed by atoms with van der Waals surface area (Å²) in [6.45, 7) is 4.47. The van der Waals surface area contributed by atoms with E-state index in [0.29, 0.717) is 32.3 Å². The number of ether oxygens (including phenoxy) is 3. The Labute approximate surface area is 155 Å². The van der Waals surface area contributed by atoms with Crippen LogP contribution in [0.3, 0.4) is 0 Å². The molecule has 7 heteroatoms. The fraction of sp³-hybridized carbons (Fsp3) is 0.562. The van der Waals surface area contributed by atoms with E-state index in [1.165, 1.54) is 0 Å². The zero-order valence-corrected chi connectivity index (χ0v) is 16.4. The van der Waals surface area contributed by atoms with Crippen LogP contribution in [0.4, 0.5) is 0 Å². The number of rotatable bonds is 10. The van der Waals surface area contributed by atoms with Gasteiger partial charge in [-0.1, -0.05) is 12.1 Å². The molecule has 0 fully saturated rings. The minimum Gasteiger partial charge on any atom is -0.497 e. The molecule has 3 N–H and O–H groups in total. The molecule has 0 radical (unpaired) electrons. The fourth-order valence-electron chi connectivity index (χ4n) is 1.87. The Morgan fingerprint density at radius 3 is 2.57 bits per heavy atom. The second-order valence-corrected chi connectivity index (χ2v) is 5.02. The number of benzene rings is 1. The maximum absolute atomic E-state index is 5.77. The summed E-state index contributed by atoms with van der Waals surface area (Å²) < 4.78 is 15.7. The summed E-state index contributed by atoms with van der Waals surface area (Å²) in [4.78, 5) is 4.24. The molecule has 0 bridgehead atoms.